The van der Waals surface area contributed by atoms with Crippen molar-refractivity contribution in [2.45, 2.75) is 12.8 Å². The molecule has 0 saturated heterocycles. The van der Waals surface area contributed by atoms with E-state index < -0.39 is 6.03 Å². The molecule has 2 amide bonds. The van der Waals surface area contributed by atoms with Gasteiger partial charge in [-0.25, -0.2) is 4.79 Å². The van der Waals surface area contributed by atoms with Gasteiger partial charge < -0.3 is 23.7 Å². The predicted molar refractivity (Wildman–Crippen MR) is 137 cm³/mol. The highest BCUT2D eigenvalue weighted by molar-refractivity contribution is 6.34. The normalized spacial score (nSPS) is 10.9. The zero-order valence-corrected chi connectivity index (χ0v) is 20.9. The Hall–Kier alpha value is -4.35. The van der Waals surface area contributed by atoms with Gasteiger partial charge in [0.15, 0.2) is 5.82 Å². The van der Waals surface area contributed by atoms with E-state index in [1.807, 2.05) is 0 Å². The number of aromatic nitrogens is 4. The van der Waals surface area contributed by atoms with Crippen LogP contribution in [0.2, 0.25) is 5.02 Å². The molecular formula is C24H18Cl2N6O5. The molecule has 5 aromatic rings. The van der Waals surface area contributed by atoms with Crippen LogP contribution in [0.3, 0.4) is 0 Å². The quantitative estimate of drug-likeness (QED) is 0.224. The number of halogens is 2. The first-order valence-electron chi connectivity index (χ1n) is 10.8. The molecule has 0 spiro atoms. The van der Waals surface area contributed by atoms with E-state index in [1.165, 1.54) is 7.11 Å². The molecule has 2 aromatic carbocycles. The summed E-state index contributed by atoms with van der Waals surface area (Å²) in [5.41, 5.74) is 1.56. The predicted octanol–water partition coefficient (Wildman–Crippen LogP) is 6.42. The second-order valence-corrected chi connectivity index (χ2v) is 8.33. The molecule has 188 valence electrons. The fourth-order valence-electron chi connectivity index (χ4n) is 3.47. The molecule has 0 unspecified atom stereocenters. The molecule has 2 N–H and O–H groups in total. The number of carbonyl (C=O) groups excluding carboxylic acids is 1. The lowest BCUT2D eigenvalue weighted by Crippen LogP contribution is -2.19. The number of nitrogens with one attached hydrogen (secondary N) is 2. The topological polar surface area (TPSA) is 137 Å². The van der Waals surface area contributed by atoms with Crippen molar-refractivity contribution in [2.24, 2.45) is 0 Å². The van der Waals surface area contributed by atoms with Crippen LogP contribution in [0.25, 0.3) is 22.4 Å². The van der Waals surface area contributed by atoms with Gasteiger partial charge in [-0.1, -0.05) is 16.8 Å². The lowest BCUT2D eigenvalue weighted by atomic mass is 10.1. The Labute approximate surface area is 219 Å². The number of carbonyl (C=O) groups is 1. The highest BCUT2D eigenvalue weighted by Gasteiger charge is 2.18. The van der Waals surface area contributed by atoms with Crippen LogP contribution in [0.5, 0.6) is 17.2 Å². The van der Waals surface area contributed by atoms with Gasteiger partial charge in [0.1, 0.15) is 28.9 Å². The van der Waals surface area contributed by atoms with Crippen molar-refractivity contribution in [3.63, 3.8) is 0 Å². The molecule has 3 aromatic heterocycles. The summed E-state index contributed by atoms with van der Waals surface area (Å²) in [6, 6.07) is 11.2. The Morgan fingerprint density at radius 2 is 1.95 bits per heavy atom. The molecule has 5 rings (SSSR count). The number of methoxy groups -OCH3 is 1. The second-order valence-electron chi connectivity index (χ2n) is 7.66. The summed E-state index contributed by atoms with van der Waals surface area (Å²) >= 11 is 12.2. The van der Waals surface area contributed by atoms with Crippen molar-refractivity contribution in [1.29, 1.82) is 0 Å². The first-order chi connectivity index (χ1) is 17.9. The summed E-state index contributed by atoms with van der Waals surface area (Å²) in [5, 5.41) is 17.8. The summed E-state index contributed by atoms with van der Waals surface area (Å²) in [4.78, 5) is 16.7. The van der Waals surface area contributed by atoms with E-state index in [0.717, 1.165) is 0 Å². The number of pyridine rings is 1. The van der Waals surface area contributed by atoms with Gasteiger partial charge in [0.25, 0.3) is 5.89 Å². The summed E-state index contributed by atoms with van der Waals surface area (Å²) in [5.74, 6) is 2.92. The first-order valence-corrected chi connectivity index (χ1v) is 11.7. The molecule has 0 atom stereocenters. The second kappa shape index (κ2) is 10.3. The number of aryl methyl sites for hydroxylation is 1. The number of benzene rings is 2. The number of fused-ring (bicyclic) bond motifs is 1. The number of rotatable bonds is 7. The van der Waals surface area contributed by atoms with Crippen LogP contribution in [0, 0.1) is 6.92 Å². The van der Waals surface area contributed by atoms with Gasteiger partial charge in [-0.05, 0) is 31.2 Å². The molecule has 11 nitrogen and oxygen atoms in total. The zero-order valence-electron chi connectivity index (χ0n) is 19.4. The Kier molecular flexibility index (Phi) is 6.80. The van der Waals surface area contributed by atoms with Crippen molar-refractivity contribution in [1.82, 2.24) is 20.3 Å². The first kappa shape index (κ1) is 24.3. The number of hydrogen-bond donors (Lipinski definition) is 2. The number of urea groups is 1. The monoisotopic (exact) mass is 540 g/mol. The number of nitrogens with zero attached hydrogens (tertiary/aromatic N) is 4. The maximum Gasteiger partial charge on any atom is 0.324 e. The Bertz CT molecular complexity index is 1600. The SMILES string of the molecule is COc1cc2nccc(Oc3ccc(NC(=O)Nc4cc(C)on4)c(Cl)c3)c2cc1-c1nnc(CCl)o1. The van der Waals surface area contributed by atoms with E-state index in [1.54, 1.807) is 55.6 Å². The van der Waals surface area contributed by atoms with Gasteiger partial charge >= 0.3 is 6.03 Å². The summed E-state index contributed by atoms with van der Waals surface area (Å²) in [6.45, 7) is 1.72. The third-order valence-electron chi connectivity index (χ3n) is 5.12. The van der Waals surface area contributed by atoms with Gasteiger partial charge in [0, 0.05) is 29.8 Å². The maximum absolute atomic E-state index is 12.3. The number of amides is 2. The molecule has 3 heterocycles. The van der Waals surface area contributed by atoms with Crippen LogP contribution in [0.15, 0.2) is 57.6 Å². The zero-order chi connectivity index (χ0) is 25.9. The van der Waals surface area contributed by atoms with Gasteiger partial charge in [0.2, 0.25) is 5.89 Å². The fraction of sp³-hybridized carbons (Fsp3) is 0.125. The minimum Gasteiger partial charge on any atom is -0.496 e. The molecule has 37 heavy (non-hydrogen) atoms. The highest BCUT2D eigenvalue weighted by Crippen LogP contribution is 2.38. The average Bonchev–Trinajstić information content (AvgIpc) is 3.54. The van der Waals surface area contributed by atoms with Crippen LogP contribution >= 0.6 is 23.2 Å². The third-order valence-corrected chi connectivity index (χ3v) is 5.66. The number of anilines is 2. The van der Waals surface area contributed by atoms with Gasteiger partial charge in [-0.15, -0.1) is 21.8 Å². The molecule has 0 aliphatic carbocycles. The fourth-order valence-corrected chi connectivity index (χ4v) is 3.80. The van der Waals surface area contributed by atoms with Gasteiger partial charge in [-0.2, -0.15) is 0 Å². The van der Waals surface area contributed by atoms with Crippen LogP contribution in [0.4, 0.5) is 16.3 Å². The number of ether oxygens (including phenoxy) is 2. The smallest absolute Gasteiger partial charge is 0.324 e. The van der Waals surface area contributed by atoms with Gasteiger partial charge in [-0.3, -0.25) is 10.3 Å². The minimum atomic E-state index is -0.524. The van der Waals surface area contributed by atoms with E-state index in [-0.39, 0.29) is 28.5 Å². The lowest BCUT2D eigenvalue weighted by Gasteiger charge is -2.13. The van der Waals surface area contributed by atoms with Crippen molar-refractivity contribution >= 4 is 51.6 Å². The maximum atomic E-state index is 12.3. The molecule has 0 bridgehead atoms. The van der Waals surface area contributed by atoms with E-state index in [9.17, 15) is 4.79 Å². The van der Waals surface area contributed by atoms with Crippen molar-refractivity contribution in [3.8, 4) is 28.7 Å². The third kappa shape index (κ3) is 5.27. The van der Waals surface area contributed by atoms with Crippen LogP contribution in [-0.4, -0.2) is 33.5 Å². The molecule has 0 fully saturated rings. The van der Waals surface area contributed by atoms with Gasteiger partial charge in [0.05, 0.1) is 28.9 Å². The Balaban J connectivity index is 1.40. The standard InChI is InChI=1S/C24H18Cl2N6O5/c1-12-7-21(32-37-12)29-24(33)28-17-4-3-13(8-16(17)26)35-19-5-6-27-18-10-20(34-2)15(9-14(18)19)23-31-30-22(11-25)36-23/h3-10H,11H2,1-2H3,(H2,28,29,32,33). The van der Waals surface area contributed by atoms with Crippen molar-refractivity contribution in [2.75, 3.05) is 17.7 Å². The molecule has 0 aliphatic rings. The summed E-state index contributed by atoms with van der Waals surface area (Å²) in [6.07, 6.45) is 1.61. The van der Waals surface area contributed by atoms with E-state index in [2.05, 4.69) is 31.0 Å². The number of hydrogen-bond acceptors (Lipinski definition) is 9. The largest absolute Gasteiger partial charge is 0.496 e. The van der Waals surface area contributed by atoms with E-state index >= 15 is 0 Å². The van der Waals surface area contributed by atoms with E-state index in [0.29, 0.717) is 45.2 Å². The molecule has 0 saturated carbocycles. The molecular weight excluding hydrogens is 523 g/mol. The van der Waals surface area contributed by atoms with Crippen LogP contribution < -0.4 is 20.1 Å². The van der Waals surface area contributed by atoms with Crippen LogP contribution in [0.1, 0.15) is 11.7 Å². The molecule has 0 aliphatic heterocycles. The minimum absolute atomic E-state index is 0.0893. The van der Waals surface area contributed by atoms with E-state index in [4.69, 9.17) is 41.6 Å². The molecule has 0 radical (unpaired) electrons. The Morgan fingerprint density at radius 1 is 1.08 bits per heavy atom. The van der Waals surface area contributed by atoms with Crippen LogP contribution in [-0.2, 0) is 5.88 Å². The molecule has 13 heteroatoms. The van der Waals surface area contributed by atoms with Crippen molar-refractivity contribution in [3.05, 3.63) is 65.3 Å². The van der Waals surface area contributed by atoms with Crippen molar-refractivity contribution < 1.29 is 23.2 Å². The Morgan fingerprint density at radius 3 is 2.65 bits per heavy atom. The average molecular weight is 541 g/mol. The highest BCUT2D eigenvalue weighted by atomic mass is 35.5. The lowest BCUT2D eigenvalue weighted by molar-refractivity contribution is 0.262. The summed E-state index contributed by atoms with van der Waals surface area (Å²) in [7, 11) is 1.54. The summed E-state index contributed by atoms with van der Waals surface area (Å²) < 4.78 is 22.2. The number of alkyl halides is 1.